The molecular weight excluding hydrogens is 372 g/mol. The van der Waals surface area contributed by atoms with Gasteiger partial charge in [0.15, 0.2) is 0 Å². The Morgan fingerprint density at radius 1 is 0.552 bits per heavy atom. The third kappa shape index (κ3) is 9.18. The van der Waals surface area contributed by atoms with Crippen molar-refractivity contribution in [2.75, 3.05) is 23.7 Å². The molecule has 8 heteroatoms. The first-order chi connectivity index (χ1) is 14.0. The highest BCUT2D eigenvalue weighted by molar-refractivity contribution is 5.95. The minimum absolute atomic E-state index is 0.113. The first-order valence-electron chi connectivity index (χ1n) is 9.26. The van der Waals surface area contributed by atoms with Crippen LogP contribution < -0.4 is 21.3 Å². The van der Waals surface area contributed by atoms with Crippen molar-refractivity contribution in [3.05, 3.63) is 60.7 Å². The van der Waals surface area contributed by atoms with Crippen LogP contribution >= 0.6 is 0 Å². The van der Waals surface area contributed by atoms with Crippen LogP contribution in [0.25, 0.3) is 0 Å². The molecule has 0 radical (unpaired) electrons. The van der Waals surface area contributed by atoms with Gasteiger partial charge in [-0.05, 0) is 30.7 Å². The molecule has 8 nitrogen and oxygen atoms in total. The molecule has 2 aromatic carbocycles. The summed E-state index contributed by atoms with van der Waals surface area (Å²) in [6.07, 6.45) is 0.544. The monoisotopic (exact) mass is 396 g/mol. The lowest BCUT2D eigenvalue weighted by atomic mass is 10.2. The van der Waals surface area contributed by atoms with E-state index in [1.54, 1.807) is 48.5 Å². The summed E-state index contributed by atoms with van der Waals surface area (Å²) in [7, 11) is 0. The van der Waals surface area contributed by atoms with Gasteiger partial charge in [0.1, 0.15) is 0 Å². The maximum Gasteiger partial charge on any atom is 0.243 e. The second-order valence-electron chi connectivity index (χ2n) is 6.24. The number of rotatable bonds is 10. The minimum Gasteiger partial charge on any atom is -0.347 e. The molecule has 0 aliphatic heterocycles. The Morgan fingerprint density at radius 3 is 1.31 bits per heavy atom. The lowest BCUT2D eigenvalue weighted by Crippen LogP contribution is -2.34. The van der Waals surface area contributed by atoms with E-state index in [-0.39, 0.29) is 49.6 Å². The predicted octanol–water partition coefficient (Wildman–Crippen LogP) is 1.67. The number of anilines is 2. The molecule has 0 aliphatic carbocycles. The third-order valence-corrected chi connectivity index (χ3v) is 3.81. The Morgan fingerprint density at radius 2 is 0.931 bits per heavy atom. The second kappa shape index (κ2) is 11.9. The number of amides is 4. The quantitative estimate of drug-likeness (QED) is 0.489. The standard InChI is InChI=1S/C21H24N4O4/c26-18(22-14-20(28)24-16-8-3-1-4-9-16)12-7-13-19(27)23-15-21(29)25-17-10-5-2-6-11-17/h1-6,8-11H,7,12-15H2,(H,22,26)(H,23,27)(H,24,28)(H,25,29). The molecule has 152 valence electrons. The Kier molecular flexibility index (Phi) is 8.88. The van der Waals surface area contributed by atoms with Crippen molar-refractivity contribution in [3.8, 4) is 0 Å². The van der Waals surface area contributed by atoms with Gasteiger partial charge in [0.2, 0.25) is 23.6 Å². The average Bonchev–Trinajstić information content (AvgIpc) is 2.72. The molecule has 4 amide bonds. The molecule has 0 atom stereocenters. The van der Waals surface area contributed by atoms with E-state index < -0.39 is 0 Å². The lowest BCUT2D eigenvalue weighted by Gasteiger charge is -2.08. The molecule has 0 fully saturated rings. The van der Waals surface area contributed by atoms with Gasteiger partial charge in [0, 0.05) is 24.2 Å². The van der Waals surface area contributed by atoms with Gasteiger partial charge in [-0.15, -0.1) is 0 Å². The van der Waals surface area contributed by atoms with E-state index in [0.29, 0.717) is 17.8 Å². The summed E-state index contributed by atoms with van der Waals surface area (Å²) >= 11 is 0. The molecule has 0 aromatic heterocycles. The van der Waals surface area contributed by atoms with Crippen LogP contribution in [0.15, 0.2) is 60.7 Å². The molecule has 0 heterocycles. The first kappa shape index (κ1) is 21.6. The van der Waals surface area contributed by atoms with Crippen molar-refractivity contribution in [3.63, 3.8) is 0 Å². The molecule has 0 saturated heterocycles. The molecular formula is C21H24N4O4. The first-order valence-corrected chi connectivity index (χ1v) is 9.26. The maximum absolute atomic E-state index is 11.8. The van der Waals surface area contributed by atoms with E-state index in [1.165, 1.54) is 0 Å². The van der Waals surface area contributed by atoms with Gasteiger partial charge < -0.3 is 21.3 Å². The normalized spacial score (nSPS) is 9.93. The molecule has 0 bridgehead atoms. The van der Waals surface area contributed by atoms with E-state index in [4.69, 9.17) is 0 Å². The van der Waals surface area contributed by atoms with Crippen molar-refractivity contribution in [1.82, 2.24) is 10.6 Å². The van der Waals surface area contributed by atoms with Gasteiger partial charge in [-0.2, -0.15) is 0 Å². The molecule has 0 aliphatic rings. The predicted molar refractivity (Wildman–Crippen MR) is 110 cm³/mol. The highest BCUT2D eigenvalue weighted by Crippen LogP contribution is 2.05. The fourth-order valence-corrected chi connectivity index (χ4v) is 2.40. The molecule has 0 unspecified atom stereocenters. The molecule has 4 N–H and O–H groups in total. The summed E-state index contributed by atoms with van der Waals surface area (Å²) < 4.78 is 0. The summed E-state index contributed by atoms with van der Waals surface area (Å²) in [5.74, 6) is -1.29. The van der Waals surface area contributed by atoms with Gasteiger partial charge >= 0.3 is 0 Å². The zero-order valence-corrected chi connectivity index (χ0v) is 15.9. The highest BCUT2D eigenvalue weighted by Gasteiger charge is 2.09. The van der Waals surface area contributed by atoms with Crippen molar-refractivity contribution >= 4 is 35.0 Å². The van der Waals surface area contributed by atoms with E-state index in [9.17, 15) is 19.2 Å². The van der Waals surface area contributed by atoms with Crippen LogP contribution in [0.1, 0.15) is 19.3 Å². The molecule has 0 spiro atoms. The van der Waals surface area contributed by atoms with Crippen LogP contribution in [0.2, 0.25) is 0 Å². The Labute approximate surface area is 169 Å². The molecule has 2 rings (SSSR count). The summed E-state index contributed by atoms with van der Waals surface area (Å²) in [4.78, 5) is 47.0. The lowest BCUT2D eigenvalue weighted by molar-refractivity contribution is -0.125. The summed E-state index contributed by atoms with van der Waals surface area (Å²) in [5.41, 5.74) is 1.31. The number of carbonyl (C=O) groups excluding carboxylic acids is 4. The van der Waals surface area contributed by atoms with E-state index >= 15 is 0 Å². The Balaban J connectivity index is 1.54. The fraction of sp³-hybridized carbons (Fsp3) is 0.238. The zero-order valence-electron chi connectivity index (χ0n) is 15.9. The van der Waals surface area contributed by atoms with Crippen LogP contribution in [0, 0.1) is 0 Å². The number of para-hydroxylation sites is 2. The molecule has 0 saturated carbocycles. The molecule has 29 heavy (non-hydrogen) atoms. The van der Waals surface area contributed by atoms with Crippen LogP contribution in [-0.4, -0.2) is 36.7 Å². The van der Waals surface area contributed by atoms with Gasteiger partial charge in [-0.25, -0.2) is 0 Å². The summed E-state index contributed by atoms with van der Waals surface area (Å²) in [6, 6.07) is 17.9. The number of benzene rings is 2. The minimum atomic E-state index is -0.327. The van der Waals surface area contributed by atoms with Crippen LogP contribution in [0.4, 0.5) is 11.4 Å². The van der Waals surface area contributed by atoms with Crippen molar-refractivity contribution in [1.29, 1.82) is 0 Å². The zero-order chi connectivity index (χ0) is 20.9. The summed E-state index contributed by atoms with van der Waals surface area (Å²) in [5, 5.41) is 10.3. The topological polar surface area (TPSA) is 116 Å². The van der Waals surface area contributed by atoms with E-state index in [1.807, 2.05) is 12.1 Å². The van der Waals surface area contributed by atoms with E-state index in [0.717, 1.165) is 0 Å². The number of hydrogen-bond acceptors (Lipinski definition) is 4. The number of hydrogen-bond donors (Lipinski definition) is 4. The maximum atomic E-state index is 11.8. The van der Waals surface area contributed by atoms with Gasteiger partial charge in [0.05, 0.1) is 13.1 Å². The van der Waals surface area contributed by atoms with Gasteiger partial charge in [0.25, 0.3) is 0 Å². The smallest absolute Gasteiger partial charge is 0.243 e. The molecule has 2 aromatic rings. The average molecular weight is 396 g/mol. The third-order valence-electron chi connectivity index (χ3n) is 3.81. The van der Waals surface area contributed by atoms with Crippen LogP contribution in [-0.2, 0) is 19.2 Å². The van der Waals surface area contributed by atoms with Crippen molar-refractivity contribution in [2.45, 2.75) is 19.3 Å². The second-order valence-corrected chi connectivity index (χ2v) is 6.24. The largest absolute Gasteiger partial charge is 0.347 e. The summed E-state index contributed by atoms with van der Waals surface area (Å²) in [6.45, 7) is -0.279. The van der Waals surface area contributed by atoms with Crippen LogP contribution in [0.3, 0.4) is 0 Å². The number of nitrogens with one attached hydrogen (secondary N) is 4. The van der Waals surface area contributed by atoms with Crippen LogP contribution in [0.5, 0.6) is 0 Å². The van der Waals surface area contributed by atoms with Crippen molar-refractivity contribution in [2.24, 2.45) is 0 Å². The van der Waals surface area contributed by atoms with Crippen molar-refractivity contribution < 1.29 is 19.2 Å². The van der Waals surface area contributed by atoms with E-state index in [2.05, 4.69) is 21.3 Å². The Bertz CT molecular complexity index is 756. The van der Waals surface area contributed by atoms with Gasteiger partial charge in [-0.3, -0.25) is 19.2 Å². The SMILES string of the molecule is O=C(CCCC(=O)NCC(=O)Nc1ccccc1)NCC(=O)Nc1ccccc1. The number of carbonyl (C=O) groups is 4. The Hall–Kier alpha value is -3.68. The fourth-order valence-electron chi connectivity index (χ4n) is 2.40. The van der Waals surface area contributed by atoms with Gasteiger partial charge in [-0.1, -0.05) is 36.4 Å². The highest BCUT2D eigenvalue weighted by atomic mass is 16.2.